The van der Waals surface area contributed by atoms with Crippen molar-refractivity contribution in [3.05, 3.63) is 109 Å². The average molecular weight is 424 g/mol. The molecule has 0 aromatic heterocycles. The second-order valence-corrected chi connectivity index (χ2v) is 6.79. The summed E-state index contributed by atoms with van der Waals surface area (Å²) in [6, 6.07) is 32.2. The van der Waals surface area contributed by atoms with E-state index >= 15 is 0 Å². The highest BCUT2D eigenvalue weighted by molar-refractivity contribution is 6.43. The van der Waals surface area contributed by atoms with E-state index in [0.29, 0.717) is 34.4 Å². The number of carbonyl (C=O) groups is 2. The van der Waals surface area contributed by atoms with Crippen LogP contribution in [0.2, 0.25) is 0 Å². The third-order valence-corrected chi connectivity index (χ3v) is 4.39. The number of hydrogen-bond acceptors (Lipinski definition) is 4. The van der Waals surface area contributed by atoms with Crippen LogP contribution in [0.5, 0.6) is 23.0 Å². The number of hydrogen-bond donors (Lipinski definition) is 2. The number of carbonyl (C=O) groups excluding carboxylic acids is 2. The molecule has 4 aromatic rings. The normalized spacial score (nSPS) is 10.1. The summed E-state index contributed by atoms with van der Waals surface area (Å²) in [6.07, 6.45) is 0. The SMILES string of the molecule is O=C(Nc1ccc(Oc2ccccc2)cc1)C(=O)Nc1ccc(Oc2ccccc2)cc1. The summed E-state index contributed by atoms with van der Waals surface area (Å²) in [5, 5.41) is 5.13. The van der Waals surface area contributed by atoms with Crippen LogP contribution in [-0.4, -0.2) is 11.8 Å². The first-order valence-corrected chi connectivity index (χ1v) is 9.94. The van der Waals surface area contributed by atoms with E-state index in [1.54, 1.807) is 48.5 Å². The first kappa shape index (κ1) is 20.7. The van der Waals surface area contributed by atoms with Crippen LogP contribution >= 0.6 is 0 Å². The highest BCUT2D eigenvalue weighted by Crippen LogP contribution is 2.24. The molecule has 6 nitrogen and oxygen atoms in total. The van der Waals surface area contributed by atoms with E-state index in [9.17, 15) is 9.59 Å². The molecule has 0 atom stereocenters. The van der Waals surface area contributed by atoms with Crippen molar-refractivity contribution in [1.29, 1.82) is 0 Å². The summed E-state index contributed by atoms with van der Waals surface area (Å²) >= 11 is 0. The molecule has 0 bridgehead atoms. The topological polar surface area (TPSA) is 76.7 Å². The molecule has 0 unspecified atom stereocenters. The summed E-state index contributed by atoms with van der Waals surface area (Å²) in [5.41, 5.74) is 0.967. The van der Waals surface area contributed by atoms with Crippen molar-refractivity contribution in [2.24, 2.45) is 0 Å². The molecular weight excluding hydrogens is 404 g/mol. The van der Waals surface area contributed by atoms with Gasteiger partial charge in [0.25, 0.3) is 0 Å². The quantitative estimate of drug-likeness (QED) is 0.381. The molecule has 0 fully saturated rings. The van der Waals surface area contributed by atoms with Gasteiger partial charge in [-0.2, -0.15) is 0 Å². The minimum absolute atomic E-state index is 0.483. The van der Waals surface area contributed by atoms with Crippen molar-refractivity contribution >= 4 is 23.2 Å². The van der Waals surface area contributed by atoms with Crippen LogP contribution in [0.4, 0.5) is 11.4 Å². The number of para-hydroxylation sites is 2. The van der Waals surface area contributed by atoms with Crippen LogP contribution in [0.1, 0.15) is 0 Å². The Morgan fingerprint density at radius 1 is 0.438 bits per heavy atom. The lowest BCUT2D eigenvalue weighted by Crippen LogP contribution is -2.29. The molecule has 4 aromatic carbocycles. The maximum atomic E-state index is 12.2. The third-order valence-electron chi connectivity index (χ3n) is 4.39. The molecule has 158 valence electrons. The smallest absolute Gasteiger partial charge is 0.314 e. The van der Waals surface area contributed by atoms with Gasteiger partial charge in [0.05, 0.1) is 0 Å². The molecule has 0 spiro atoms. The molecule has 2 amide bonds. The molecular formula is C26H20N2O4. The largest absolute Gasteiger partial charge is 0.457 e. The monoisotopic (exact) mass is 424 g/mol. The van der Waals surface area contributed by atoms with E-state index in [2.05, 4.69) is 10.6 Å². The zero-order valence-corrected chi connectivity index (χ0v) is 17.0. The van der Waals surface area contributed by atoms with Gasteiger partial charge < -0.3 is 20.1 Å². The van der Waals surface area contributed by atoms with Crippen molar-refractivity contribution in [2.45, 2.75) is 0 Å². The van der Waals surface area contributed by atoms with Gasteiger partial charge in [0, 0.05) is 11.4 Å². The van der Waals surface area contributed by atoms with Gasteiger partial charge in [0.1, 0.15) is 23.0 Å². The summed E-state index contributed by atoms with van der Waals surface area (Å²) < 4.78 is 11.4. The molecule has 4 rings (SSSR count). The molecule has 2 N–H and O–H groups in total. The second kappa shape index (κ2) is 9.95. The molecule has 0 aliphatic heterocycles. The minimum Gasteiger partial charge on any atom is -0.457 e. The van der Waals surface area contributed by atoms with Gasteiger partial charge >= 0.3 is 11.8 Å². The first-order chi connectivity index (χ1) is 15.7. The Morgan fingerprint density at radius 3 is 1.09 bits per heavy atom. The Hall–Kier alpha value is -4.58. The van der Waals surface area contributed by atoms with Crippen molar-refractivity contribution in [1.82, 2.24) is 0 Å². The lowest BCUT2D eigenvalue weighted by atomic mass is 10.2. The molecule has 0 saturated carbocycles. The number of nitrogens with one attached hydrogen (secondary N) is 2. The number of rotatable bonds is 6. The van der Waals surface area contributed by atoms with E-state index in [0.717, 1.165) is 0 Å². The number of benzene rings is 4. The van der Waals surface area contributed by atoms with Gasteiger partial charge in [-0.05, 0) is 72.8 Å². The highest BCUT2D eigenvalue weighted by atomic mass is 16.5. The summed E-state index contributed by atoms with van der Waals surface area (Å²) in [7, 11) is 0. The predicted octanol–water partition coefficient (Wildman–Crippen LogP) is 5.85. The molecule has 0 radical (unpaired) electrons. The van der Waals surface area contributed by atoms with Crippen LogP contribution in [0.25, 0.3) is 0 Å². The Labute approximate surface area is 185 Å². The summed E-state index contributed by atoms with van der Waals surface area (Å²) in [4.78, 5) is 24.4. The fourth-order valence-electron chi connectivity index (χ4n) is 2.84. The third kappa shape index (κ3) is 5.73. The van der Waals surface area contributed by atoms with Crippen LogP contribution in [0, 0.1) is 0 Å². The van der Waals surface area contributed by atoms with E-state index in [1.807, 2.05) is 60.7 Å². The zero-order valence-electron chi connectivity index (χ0n) is 17.0. The van der Waals surface area contributed by atoms with Gasteiger partial charge in [-0.15, -0.1) is 0 Å². The molecule has 0 aliphatic rings. The van der Waals surface area contributed by atoms with Crippen molar-refractivity contribution < 1.29 is 19.1 Å². The Bertz CT molecular complexity index is 1080. The predicted molar refractivity (Wildman–Crippen MR) is 123 cm³/mol. The lowest BCUT2D eigenvalue weighted by Gasteiger charge is -2.09. The van der Waals surface area contributed by atoms with Crippen LogP contribution in [0.15, 0.2) is 109 Å². The number of ether oxygens (including phenoxy) is 2. The standard InChI is InChI=1S/C26H20N2O4/c29-25(27-19-11-15-23(16-12-19)31-21-7-3-1-4-8-21)26(30)28-20-13-17-24(18-14-20)32-22-9-5-2-6-10-22/h1-18H,(H,27,29)(H,28,30). The highest BCUT2D eigenvalue weighted by Gasteiger charge is 2.14. The van der Waals surface area contributed by atoms with Crippen LogP contribution in [0.3, 0.4) is 0 Å². The lowest BCUT2D eigenvalue weighted by molar-refractivity contribution is -0.132. The zero-order chi connectivity index (χ0) is 22.2. The summed E-state index contributed by atoms with van der Waals surface area (Å²) in [5.74, 6) is 1.12. The van der Waals surface area contributed by atoms with E-state index in [1.165, 1.54) is 0 Å². The maximum Gasteiger partial charge on any atom is 0.314 e. The maximum absolute atomic E-state index is 12.2. The van der Waals surface area contributed by atoms with Gasteiger partial charge in [-0.25, -0.2) is 0 Å². The van der Waals surface area contributed by atoms with Crippen molar-refractivity contribution in [2.75, 3.05) is 10.6 Å². The van der Waals surface area contributed by atoms with Gasteiger partial charge in [-0.1, -0.05) is 36.4 Å². The van der Waals surface area contributed by atoms with Gasteiger partial charge in [-0.3, -0.25) is 9.59 Å². The van der Waals surface area contributed by atoms with Crippen LogP contribution < -0.4 is 20.1 Å². The average Bonchev–Trinajstić information content (AvgIpc) is 2.83. The number of anilines is 2. The van der Waals surface area contributed by atoms with Crippen LogP contribution in [-0.2, 0) is 9.59 Å². The fraction of sp³-hybridized carbons (Fsp3) is 0. The molecule has 0 saturated heterocycles. The molecule has 32 heavy (non-hydrogen) atoms. The summed E-state index contributed by atoms with van der Waals surface area (Å²) in [6.45, 7) is 0. The van der Waals surface area contributed by atoms with Gasteiger partial charge in [0.2, 0.25) is 0 Å². The van der Waals surface area contributed by atoms with E-state index in [-0.39, 0.29) is 0 Å². The molecule has 0 aliphatic carbocycles. The molecule has 6 heteroatoms. The molecule has 0 heterocycles. The first-order valence-electron chi connectivity index (χ1n) is 9.94. The van der Waals surface area contributed by atoms with E-state index in [4.69, 9.17) is 9.47 Å². The fourth-order valence-corrected chi connectivity index (χ4v) is 2.84. The Kier molecular flexibility index (Phi) is 6.43. The van der Waals surface area contributed by atoms with E-state index < -0.39 is 11.8 Å². The van der Waals surface area contributed by atoms with Crippen molar-refractivity contribution in [3.63, 3.8) is 0 Å². The second-order valence-electron chi connectivity index (χ2n) is 6.79. The number of amides is 2. The van der Waals surface area contributed by atoms with Crippen molar-refractivity contribution in [3.8, 4) is 23.0 Å². The van der Waals surface area contributed by atoms with Gasteiger partial charge in [0.15, 0.2) is 0 Å². The Balaban J connectivity index is 1.29. The Morgan fingerprint density at radius 2 is 0.750 bits per heavy atom. The minimum atomic E-state index is -0.772.